The van der Waals surface area contributed by atoms with E-state index in [4.69, 9.17) is 10.5 Å². The average Bonchev–Trinajstić information content (AvgIpc) is 2.66. The van der Waals surface area contributed by atoms with Gasteiger partial charge in [0, 0.05) is 17.8 Å². The monoisotopic (exact) mass is 272 g/mol. The molecule has 2 saturated heterocycles. The topological polar surface area (TPSA) is 38.5 Å². The zero-order chi connectivity index (χ0) is 13.0. The Kier molecular flexibility index (Phi) is 5.80. The van der Waals surface area contributed by atoms with Crippen molar-refractivity contribution in [1.82, 2.24) is 4.90 Å². The highest BCUT2D eigenvalue weighted by Gasteiger charge is 2.33. The second-order valence-corrected chi connectivity index (χ2v) is 6.83. The highest BCUT2D eigenvalue weighted by atomic mass is 32.2. The molecule has 0 bridgehead atoms. The average molecular weight is 272 g/mol. The quantitative estimate of drug-likeness (QED) is 0.850. The molecule has 2 N–H and O–H groups in total. The molecule has 0 aromatic carbocycles. The molecular weight excluding hydrogens is 244 g/mol. The van der Waals surface area contributed by atoms with Crippen molar-refractivity contribution in [1.29, 1.82) is 0 Å². The van der Waals surface area contributed by atoms with Gasteiger partial charge in [0.25, 0.3) is 0 Å². The third-order valence-electron chi connectivity index (χ3n) is 4.45. The molecule has 0 aliphatic carbocycles. The van der Waals surface area contributed by atoms with Gasteiger partial charge in [-0.25, -0.2) is 0 Å². The Balaban J connectivity index is 1.91. The second-order valence-electron chi connectivity index (χ2n) is 5.69. The normalized spacial score (nSPS) is 36.5. The van der Waals surface area contributed by atoms with Crippen LogP contribution in [0.2, 0.25) is 0 Å². The first-order valence-electron chi connectivity index (χ1n) is 7.37. The number of ether oxygens (including phenoxy) is 1. The minimum absolute atomic E-state index is 0.371. The molecule has 4 unspecified atom stereocenters. The summed E-state index contributed by atoms with van der Waals surface area (Å²) in [5, 5.41) is 0.844. The molecule has 0 radical (unpaired) electrons. The number of nitrogens with zero attached hydrogens (tertiary/aromatic N) is 1. The molecule has 2 heterocycles. The zero-order valence-electron chi connectivity index (χ0n) is 11.8. The number of hydrogen-bond donors (Lipinski definition) is 1. The van der Waals surface area contributed by atoms with E-state index in [1.807, 2.05) is 11.8 Å². The van der Waals surface area contributed by atoms with E-state index in [9.17, 15) is 0 Å². The Hall–Kier alpha value is 0.230. The predicted molar refractivity (Wildman–Crippen MR) is 79.1 cm³/mol. The second kappa shape index (κ2) is 7.13. The molecule has 0 aromatic heterocycles. The Morgan fingerprint density at radius 3 is 2.72 bits per heavy atom. The number of rotatable bonds is 4. The summed E-state index contributed by atoms with van der Waals surface area (Å²) in [5.41, 5.74) is 6.02. The maximum absolute atomic E-state index is 6.03. The summed E-state index contributed by atoms with van der Waals surface area (Å²) in [6, 6.07) is 0.440. The van der Waals surface area contributed by atoms with Gasteiger partial charge in [0.15, 0.2) is 0 Å². The number of hydrogen-bond acceptors (Lipinski definition) is 4. The van der Waals surface area contributed by atoms with Crippen LogP contribution in [0.5, 0.6) is 0 Å². The van der Waals surface area contributed by atoms with Crippen LogP contribution in [-0.2, 0) is 4.74 Å². The van der Waals surface area contributed by atoms with Crippen molar-refractivity contribution in [2.45, 2.75) is 62.5 Å². The zero-order valence-corrected chi connectivity index (χ0v) is 12.6. The molecule has 3 nitrogen and oxygen atoms in total. The molecule has 2 fully saturated rings. The van der Waals surface area contributed by atoms with Gasteiger partial charge in [-0.2, -0.15) is 11.8 Å². The lowest BCUT2D eigenvalue weighted by molar-refractivity contribution is -0.00341. The summed E-state index contributed by atoms with van der Waals surface area (Å²) >= 11 is 2.02. The van der Waals surface area contributed by atoms with Gasteiger partial charge < -0.3 is 10.5 Å². The summed E-state index contributed by atoms with van der Waals surface area (Å²) in [7, 11) is 0. The standard InChI is InChI=1S/C14H28N2OS/c1-11-5-6-14(17-11)13(10-15)16-8-3-4-12(18-2)7-9-16/h11-14H,3-10,15H2,1-2H3. The predicted octanol–water partition coefficient (Wildman–Crippen LogP) is 2.10. The van der Waals surface area contributed by atoms with Crippen LogP contribution >= 0.6 is 11.8 Å². The van der Waals surface area contributed by atoms with E-state index in [1.165, 1.54) is 45.2 Å². The van der Waals surface area contributed by atoms with Gasteiger partial charge in [-0.3, -0.25) is 4.90 Å². The number of nitrogens with two attached hydrogens (primary N) is 1. The third kappa shape index (κ3) is 3.62. The van der Waals surface area contributed by atoms with Crippen LogP contribution in [0, 0.1) is 0 Å². The highest BCUT2D eigenvalue weighted by molar-refractivity contribution is 7.99. The van der Waals surface area contributed by atoms with E-state index < -0.39 is 0 Å². The van der Waals surface area contributed by atoms with Gasteiger partial charge >= 0.3 is 0 Å². The van der Waals surface area contributed by atoms with Crippen LogP contribution in [0.4, 0.5) is 0 Å². The number of thioether (sulfide) groups is 1. The summed E-state index contributed by atoms with van der Waals surface area (Å²) in [4.78, 5) is 2.60. The van der Waals surface area contributed by atoms with E-state index in [0.29, 0.717) is 18.2 Å². The SMILES string of the molecule is CSC1CCCN(C(CN)C2CCC(C)O2)CC1. The van der Waals surface area contributed by atoms with E-state index in [1.54, 1.807) is 0 Å². The van der Waals surface area contributed by atoms with Crippen molar-refractivity contribution in [2.24, 2.45) is 5.73 Å². The molecule has 2 rings (SSSR count). The minimum Gasteiger partial charge on any atom is -0.374 e. The lowest BCUT2D eigenvalue weighted by atomic mass is 10.1. The summed E-state index contributed by atoms with van der Waals surface area (Å²) < 4.78 is 6.03. The number of likely N-dealkylation sites (tertiary alicyclic amines) is 1. The summed E-state index contributed by atoms with van der Waals surface area (Å²) in [5.74, 6) is 0. The fourth-order valence-electron chi connectivity index (χ4n) is 3.31. The first-order chi connectivity index (χ1) is 8.74. The van der Waals surface area contributed by atoms with E-state index in [2.05, 4.69) is 18.1 Å². The molecule has 2 aliphatic heterocycles. The van der Waals surface area contributed by atoms with Crippen LogP contribution in [0.1, 0.15) is 39.0 Å². The first kappa shape index (κ1) is 14.6. The molecule has 18 heavy (non-hydrogen) atoms. The molecule has 0 saturated carbocycles. The lowest BCUT2D eigenvalue weighted by Crippen LogP contribution is -2.48. The van der Waals surface area contributed by atoms with Gasteiger partial charge in [0.2, 0.25) is 0 Å². The largest absolute Gasteiger partial charge is 0.374 e. The van der Waals surface area contributed by atoms with E-state index in [-0.39, 0.29) is 0 Å². The van der Waals surface area contributed by atoms with Crippen LogP contribution in [0.3, 0.4) is 0 Å². The Labute approximate surface area is 116 Å². The molecule has 0 spiro atoms. The molecule has 106 valence electrons. The first-order valence-corrected chi connectivity index (χ1v) is 8.65. The van der Waals surface area contributed by atoms with Gasteiger partial charge in [0.05, 0.1) is 12.2 Å². The van der Waals surface area contributed by atoms with Gasteiger partial charge in [-0.15, -0.1) is 0 Å². The Morgan fingerprint density at radius 1 is 1.28 bits per heavy atom. The smallest absolute Gasteiger partial charge is 0.0747 e. The van der Waals surface area contributed by atoms with Gasteiger partial charge in [0.1, 0.15) is 0 Å². The lowest BCUT2D eigenvalue weighted by Gasteiger charge is -2.33. The van der Waals surface area contributed by atoms with Crippen LogP contribution in [0.25, 0.3) is 0 Å². The molecular formula is C14H28N2OS. The molecule has 0 amide bonds. The van der Waals surface area contributed by atoms with Crippen LogP contribution in [-0.4, -0.2) is 54.3 Å². The van der Waals surface area contributed by atoms with E-state index in [0.717, 1.165) is 11.8 Å². The molecule has 4 heteroatoms. The Bertz CT molecular complexity index is 252. The maximum Gasteiger partial charge on any atom is 0.0747 e. The third-order valence-corrected chi connectivity index (χ3v) is 5.59. The molecule has 4 atom stereocenters. The van der Waals surface area contributed by atoms with Crippen molar-refractivity contribution in [3.8, 4) is 0 Å². The summed E-state index contributed by atoms with van der Waals surface area (Å²) in [6.07, 6.45) is 9.39. The fraction of sp³-hybridized carbons (Fsp3) is 1.00. The van der Waals surface area contributed by atoms with Crippen molar-refractivity contribution in [2.75, 3.05) is 25.9 Å². The van der Waals surface area contributed by atoms with Crippen LogP contribution in [0.15, 0.2) is 0 Å². The molecule has 0 aromatic rings. The Morgan fingerprint density at radius 2 is 2.11 bits per heavy atom. The van der Waals surface area contributed by atoms with Crippen molar-refractivity contribution in [3.63, 3.8) is 0 Å². The van der Waals surface area contributed by atoms with Crippen molar-refractivity contribution >= 4 is 11.8 Å². The van der Waals surface area contributed by atoms with Crippen LogP contribution < -0.4 is 5.73 Å². The molecule has 2 aliphatic rings. The maximum atomic E-state index is 6.03. The van der Waals surface area contributed by atoms with Gasteiger partial charge in [-0.05, 0) is 58.4 Å². The van der Waals surface area contributed by atoms with E-state index >= 15 is 0 Å². The van der Waals surface area contributed by atoms with Gasteiger partial charge in [-0.1, -0.05) is 0 Å². The van der Waals surface area contributed by atoms with Crippen molar-refractivity contribution in [3.05, 3.63) is 0 Å². The minimum atomic E-state index is 0.371. The van der Waals surface area contributed by atoms with Crippen molar-refractivity contribution < 1.29 is 4.74 Å². The fourth-order valence-corrected chi connectivity index (χ4v) is 4.05. The highest BCUT2D eigenvalue weighted by Crippen LogP contribution is 2.27. The summed E-state index contributed by atoms with van der Waals surface area (Å²) in [6.45, 7) is 5.32.